The van der Waals surface area contributed by atoms with Gasteiger partial charge in [-0.25, -0.2) is 4.79 Å². The zero-order valence-electron chi connectivity index (χ0n) is 15.5. The van der Waals surface area contributed by atoms with Crippen molar-refractivity contribution in [2.75, 3.05) is 19.7 Å². The number of pyridine rings is 1. The van der Waals surface area contributed by atoms with Crippen molar-refractivity contribution >= 4 is 17.7 Å². The summed E-state index contributed by atoms with van der Waals surface area (Å²) in [6, 6.07) is 10.4. The van der Waals surface area contributed by atoms with Crippen LogP contribution in [0.3, 0.4) is 0 Å². The Hall–Kier alpha value is -2.33. The van der Waals surface area contributed by atoms with E-state index in [1.807, 2.05) is 25.3 Å². The van der Waals surface area contributed by atoms with E-state index in [4.69, 9.17) is 21.3 Å². The fraction of sp³-hybridized carbons (Fsp3) is 0.364. The third-order valence-electron chi connectivity index (χ3n) is 5.42. The Kier molecular flexibility index (Phi) is 5.17. The van der Waals surface area contributed by atoms with Crippen LogP contribution in [0.25, 0.3) is 0 Å². The van der Waals surface area contributed by atoms with Crippen LogP contribution in [0.1, 0.15) is 41.6 Å². The van der Waals surface area contributed by atoms with Gasteiger partial charge in [0.1, 0.15) is 0 Å². The Bertz CT molecular complexity index is 894. The lowest BCUT2D eigenvalue weighted by Gasteiger charge is -2.30. The molecule has 0 unspecified atom stereocenters. The number of nitrogens with zero attached hydrogens (tertiary/aromatic N) is 2. The first-order chi connectivity index (χ1) is 13.2. The number of hydrogen-bond acceptors (Lipinski definition) is 3. The van der Waals surface area contributed by atoms with Crippen molar-refractivity contribution in [1.29, 1.82) is 0 Å². The predicted octanol–water partition coefficient (Wildman–Crippen LogP) is 4.75. The van der Waals surface area contributed by atoms with Gasteiger partial charge in [0, 0.05) is 30.2 Å². The van der Waals surface area contributed by atoms with Crippen LogP contribution >= 0.6 is 11.6 Å². The second kappa shape index (κ2) is 7.73. The molecule has 2 aromatic rings. The highest BCUT2D eigenvalue weighted by molar-refractivity contribution is 6.30. The molecule has 27 heavy (non-hydrogen) atoms. The maximum Gasteiger partial charge on any atom is 0.410 e. The van der Waals surface area contributed by atoms with Crippen molar-refractivity contribution in [2.45, 2.75) is 32.1 Å². The summed E-state index contributed by atoms with van der Waals surface area (Å²) >= 11 is 6.27. The number of aromatic nitrogens is 1. The molecule has 0 saturated heterocycles. The molecular formula is C22H23ClN2O2. The minimum atomic E-state index is -0.237. The monoisotopic (exact) mass is 382 g/mol. The summed E-state index contributed by atoms with van der Waals surface area (Å²) in [5.41, 5.74) is 6.32. The van der Waals surface area contributed by atoms with Crippen molar-refractivity contribution in [3.8, 4) is 0 Å². The predicted molar refractivity (Wildman–Crippen MR) is 106 cm³/mol. The summed E-state index contributed by atoms with van der Waals surface area (Å²) in [5.74, 6) is 0.125. The van der Waals surface area contributed by atoms with E-state index in [1.54, 1.807) is 4.90 Å². The van der Waals surface area contributed by atoms with Crippen LogP contribution in [0.4, 0.5) is 4.79 Å². The molecule has 1 aromatic carbocycles. The van der Waals surface area contributed by atoms with Crippen molar-refractivity contribution < 1.29 is 9.53 Å². The molecule has 0 N–H and O–H groups in total. The zero-order chi connectivity index (χ0) is 18.8. The van der Waals surface area contributed by atoms with E-state index in [0.29, 0.717) is 19.7 Å². The van der Waals surface area contributed by atoms with Gasteiger partial charge in [0.05, 0.1) is 12.3 Å². The normalized spacial score (nSPS) is 18.8. The Morgan fingerprint density at radius 3 is 2.89 bits per heavy atom. The molecule has 1 aromatic heterocycles. The van der Waals surface area contributed by atoms with Crippen LogP contribution < -0.4 is 0 Å². The molecule has 140 valence electrons. The molecule has 0 saturated carbocycles. The molecule has 0 fully saturated rings. The lowest BCUT2D eigenvalue weighted by Crippen LogP contribution is -2.36. The van der Waals surface area contributed by atoms with Crippen LogP contribution in [0.2, 0.25) is 5.02 Å². The van der Waals surface area contributed by atoms with Gasteiger partial charge in [0.2, 0.25) is 0 Å². The number of halogens is 1. The summed E-state index contributed by atoms with van der Waals surface area (Å²) in [4.78, 5) is 18.5. The molecule has 0 radical (unpaired) electrons. The zero-order valence-corrected chi connectivity index (χ0v) is 16.2. The number of hydrogen-bond donors (Lipinski definition) is 0. The number of benzene rings is 1. The highest BCUT2D eigenvalue weighted by Gasteiger charge is 2.30. The summed E-state index contributed by atoms with van der Waals surface area (Å²) < 4.78 is 5.14. The van der Waals surface area contributed by atoms with Gasteiger partial charge in [-0.1, -0.05) is 35.4 Å². The number of carbonyl (C=O) groups is 1. The molecule has 1 aliphatic carbocycles. The number of amides is 1. The van der Waals surface area contributed by atoms with Gasteiger partial charge in [-0.3, -0.25) is 4.98 Å². The quantitative estimate of drug-likeness (QED) is 0.703. The lowest BCUT2D eigenvalue weighted by molar-refractivity contribution is 0.110. The Morgan fingerprint density at radius 1 is 1.26 bits per heavy atom. The average molecular weight is 383 g/mol. The van der Waals surface area contributed by atoms with E-state index in [0.717, 1.165) is 30.0 Å². The number of carbonyl (C=O) groups excluding carboxylic acids is 1. The maximum absolute atomic E-state index is 12.0. The number of aryl methyl sites for hydroxylation is 2. The van der Waals surface area contributed by atoms with E-state index >= 15 is 0 Å². The molecule has 1 amide bonds. The van der Waals surface area contributed by atoms with Gasteiger partial charge in [-0.15, -0.1) is 0 Å². The van der Waals surface area contributed by atoms with E-state index < -0.39 is 0 Å². The van der Waals surface area contributed by atoms with Gasteiger partial charge in [0.25, 0.3) is 0 Å². The lowest BCUT2D eigenvalue weighted by atomic mass is 9.82. The first-order valence-electron chi connectivity index (χ1n) is 9.50. The number of rotatable bonds is 2. The smallest absolute Gasteiger partial charge is 0.410 e. The van der Waals surface area contributed by atoms with Crippen molar-refractivity contribution in [1.82, 2.24) is 9.88 Å². The SMILES string of the molecule is CCOC(=O)N1CC=C([C@@H]2c3ccc(Cl)cc3CCc3cccnc32)CC1. The van der Waals surface area contributed by atoms with Gasteiger partial charge in [0.15, 0.2) is 0 Å². The summed E-state index contributed by atoms with van der Waals surface area (Å²) in [5, 5.41) is 0.775. The Morgan fingerprint density at radius 2 is 2.11 bits per heavy atom. The van der Waals surface area contributed by atoms with Gasteiger partial charge >= 0.3 is 6.09 Å². The standard InChI is InChI=1S/C22H23ClN2O2/c1-2-27-22(26)25-12-9-15(10-13-25)20-19-8-7-18(23)14-17(19)6-5-16-4-3-11-24-21(16)20/h3-4,7-9,11,14,20H,2,5-6,10,12-13H2,1H3/t20-/m1/s1. The van der Waals surface area contributed by atoms with Crippen molar-refractivity contribution in [2.24, 2.45) is 0 Å². The van der Waals surface area contributed by atoms with Gasteiger partial charge < -0.3 is 9.64 Å². The second-order valence-corrected chi connectivity index (χ2v) is 7.43. The number of fused-ring (bicyclic) bond motifs is 2. The summed E-state index contributed by atoms with van der Waals surface area (Å²) in [6.45, 7) is 3.49. The second-order valence-electron chi connectivity index (χ2n) is 7.00. The highest BCUT2D eigenvalue weighted by Crippen LogP contribution is 2.40. The van der Waals surface area contributed by atoms with Crippen LogP contribution in [-0.2, 0) is 17.6 Å². The molecule has 0 spiro atoms. The van der Waals surface area contributed by atoms with Crippen LogP contribution in [0.15, 0.2) is 48.2 Å². The minimum absolute atomic E-state index is 0.125. The van der Waals surface area contributed by atoms with E-state index in [-0.39, 0.29) is 12.0 Å². The third-order valence-corrected chi connectivity index (χ3v) is 5.66. The Labute approximate surface area is 164 Å². The van der Waals surface area contributed by atoms with Crippen LogP contribution in [-0.4, -0.2) is 35.7 Å². The molecule has 1 aliphatic heterocycles. The molecule has 2 heterocycles. The van der Waals surface area contributed by atoms with Crippen LogP contribution in [0.5, 0.6) is 0 Å². The summed E-state index contributed by atoms with van der Waals surface area (Å²) in [7, 11) is 0. The topological polar surface area (TPSA) is 42.4 Å². The summed E-state index contributed by atoms with van der Waals surface area (Å²) in [6.07, 6.45) is 6.57. The molecule has 2 aliphatic rings. The molecule has 0 bridgehead atoms. The van der Waals surface area contributed by atoms with E-state index in [9.17, 15) is 4.79 Å². The van der Waals surface area contributed by atoms with E-state index in [2.05, 4.69) is 24.3 Å². The molecule has 4 nitrogen and oxygen atoms in total. The van der Waals surface area contributed by atoms with Gasteiger partial charge in [-0.2, -0.15) is 0 Å². The average Bonchev–Trinajstić information content (AvgIpc) is 2.85. The minimum Gasteiger partial charge on any atom is -0.450 e. The first-order valence-corrected chi connectivity index (χ1v) is 9.88. The Balaban J connectivity index is 1.73. The first kappa shape index (κ1) is 18.1. The molecule has 1 atom stereocenters. The van der Waals surface area contributed by atoms with Gasteiger partial charge in [-0.05, 0) is 61.1 Å². The van der Waals surface area contributed by atoms with E-state index in [1.165, 1.54) is 22.3 Å². The fourth-order valence-electron chi connectivity index (χ4n) is 4.11. The molecule has 5 heteroatoms. The molecule has 4 rings (SSSR count). The highest BCUT2D eigenvalue weighted by atomic mass is 35.5. The largest absolute Gasteiger partial charge is 0.450 e. The molecular weight excluding hydrogens is 360 g/mol. The van der Waals surface area contributed by atoms with Crippen molar-refractivity contribution in [3.05, 3.63) is 75.6 Å². The van der Waals surface area contributed by atoms with Crippen LogP contribution in [0, 0.1) is 0 Å². The third kappa shape index (κ3) is 3.59. The fourth-order valence-corrected chi connectivity index (χ4v) is 4.31. The number of ether oxygens (including phenoxy) is 1. The van der Waals surface area contributed by atoms with Crippen molar-refractivity contribution in [3.63, 3.8) is 0 Å². The maximum atomic E-state index is 12.0.